The van der Waals surface area contributed by atoms with Crippen molar-refractivity contribution in [2.24, 2.45) is 0 Å². The van der Waals surface area contributed by atoms with E-state index in [1.54, 1.807) is 37.8 Å². The van der Waals surface area contributed by atoms with Gasteiger partial charge in [-0.3, -0.25) is 4.40 Å². The topological polar surface area (TPSA) is 103 Å². The summed E-state index contributed by atoms with van der Waals surface area (Å²) in [6, 6.07) is 5.31. The Hall–Kier alpha value is -2.30. The highest BCUT2D eigenvalue weighted by Crippen LogP contribution is 2.11. The van der Waals surface area contributed by atoms with Gasteiger partial charge in [-0.2, -0.15) is 0 Å². The van der Waals surface area contributed by atoms with Crippen LogP contribution in [-0.2, 0) is 27.7 Å². The molecule has 0 radical (unpaired) electrons. The molecule has 0 bridgehead atoms. The quantitative estimate of drug-likeness (QED) is 0.618. The number of hydrogen-bond donors (Lipinski definition) is 1. The first-order valence-corrected chi connectivity index (χ1v) is 8.87. The molecule has 3 rings (SSSR count). The molecule has 0 saturated heterocycles. The fourth-order valence-corrected chi connectivity index (χ4v) is 3.45. The van der Waals surface area contributed by atoms with Crippen molar-refractivity contribution in [2.75, 3.05) is 20.3 Å². The van der Waals surface area contributed by atoms with Gasteiger partial charge >= 0.3 is 0 Å². The highest BCUT2D eigenvalue weighted by molar-refractivity contribution is 7.89. The van der Waals surface area contributed by atoms with E-state index >= 15 is 0 Å². The fourth-order valence-electron chi connectivity index (χ4n) is 2.33. The smallest absolute Gasteiger partial charge is 0.258 e. The highest BCUT2D eigenvalue weighted by atomic mass is 32.2. The second kappa shape index (κ2) is 7.07. The van der Waals surface area contributed by atoms with Gasteiger partial charge in [0.2, 0.25) is 0 Å². The number of rotatable bonds is 8. The molecule has 0 spiro atoms. The van der Waals surface area contributed by atoms with Crippen molar-refractivity contribution in [3.63, 3.8) is 0 Å². The molecule has 128 valence electrons. The minimum atomic E-state index is -3.66. The number of ether oxygens (including phenoxy) is 1. The summed E-state index contributed by atoms with van der Waals surface area (Å²) in [5.41, 5.74) is 0.581. The Balaban J connectivity index is 1.67. The molecule has 10 heteroatoms. The fraction of sp³-hybridized carbons (Fsp3) is 0.357. The van der Waals surface area contributed by atoms with E-state index in [9.17, 15) is 8.42 Å². The molecule has 0 amide bonds. The molecule has 1 N–H and O–H groups in total. The maximum atomic E-state index is 12.5. The normalized spacial score (nSPS) is 12.0. The third-order valence-electron chi connectivity index (χ3n) is 3.53. The number of nitrogens with one attached hydrogen (secondary N) is 1. The van der Waals surface area contributed by atoms with E-state index in [2.05, 4.69) is 19.9 Å². The number of aromatic nitrogens is 5. The molecular weight excluding hydrogens is 332 g/mol. The third-order valence-corrected chi connectivity index (χ3v) is 4.97. The SMILES string of the molecule is COCCn1cnnc1CCNS(=O)(=O)c1cnc2ccccn12. The van der Waals surface area contributed by atoms with Crippen molar-refractivity contribution in [3.05, 3.63) is 42.7 Å². The van der Waals surface area contributed by atoms with Crippen molar-refractivity contribution in [1.82, 2.24) is 28.9 Å². The number of fused-ring (bicyclic) bond motifs is 1. The van der Waals surface area contributed by atoms with Crippen molar-refractivity contribution < 1.29 is 13.2 Å². The summed E-state index contributed by atoms with van der Waals surface area (Å²) < 4.78 is 35.9. The van der Waals surface area contributed by atoms with Crippen LogP contribution in [0, 0.1) is 0 Å². The second-order valence-corrected chi connectivity index (χ2v) is 6.82. The van der Waals surface area contributed by atoms with E-state index in [1.165, 1.54) is 10.6 Å². The predicted octanol–water partition coefficient (Wildman–Crippen LogP) is 0.0932. The van der Waals surface area contributed by atoms with Gasteiger partial charge in [-0.05, 0) is 12.1 Å². The van der Waals surface area contributed by atoms with Gasteiger partial charge < -0.3 is 9.30 Å². The largest absolute Gasteiger partial charge is 0.383 e. The molecule has 0 aliphatic carbocycles. The van der Waals surface area contributed by atoms with Crippen LogP contribution in [0.1, 0.15) is 5.82 Å². The average Bonchev–Trinajstić information content (AvgIpc) is 3.19. The van der Waals surface area contributed by atoms with Gasteiger partial charge in [0.1, 0.15) is 17.8 Å². The molecule has 0 atom stereocenters. The van der Waals surface area contributed by atoms with Crippen molar-refractivity contribution >= 4 is 15.7 Å². The number of nitrogens with zero attached hydrogens (tertiary/aromatic N) is 5. The Kier molecular flexibility index (Phi) is 4.88. The van der Waals surface area contributed by atoms with E-state index in [1.807, 2.05) is 4.57 Å². The van der Waals surface area contributed by atoms with E-state index in [4.69, 9.17) is 4.74 Å². The van der Waals surface area contributed by atoms with Crippen LogP contribution in [0.15, 0.2) is 41.9 Å². The third kappa shape index (κ3) is 3.45. The Labute approximate surface area is 139 Å². The molecule has 24 heavy (non-hydrogen) atoms. The molecule has 0 unspecified atom stereocenters. The molecular formula is C14H18N6O3S. The van der Waals surface area contributed by atoms with E-state index in [0.29, 0.717) is 31.0 Å². The summed E-state index contributed by atoms with van der Waals surface area (Å²) in [4.78, 5) is 4.09. The van der Waals surface area contributed by atoms with Crippen molar-refractivity contribution in [3.8, 4) is 0 Å². The Morgan fingerprint density at radius 3 is 3.04 bits per heavy atom. The zero-order valence-corrected chi connectivity index (χ0v) is 14.0. The van der Waals surface area contributed by atoms with Crippen LogP contribution in [0.25, 0.3) is 5.65 Å². The van der Waals surface area contributed by atoms with E-state index < -0.39 is 10.0 Å². The molecule has 9 nitrogen and oxygen atoms in total. The van der Waals surface area contributed by atoms with E-state index in [-0.39, 0.29) is 11.6 Å². The summed E-state index contributed by atoms with van der Waals surface area (Å²) in [5, 5.41) is 7.96. The van der Waals surface area contributed by atoms with Crippen molar-refractivity contribution in [1.29, 1.82) is 0 Å². The van der Waals surface area contributed by atoms with Gasteiger partial charge in [0.05, 0.1) is 12.8 Å². The summed E-state index contributed by atoms with van der Waals surface area (Å²) in [6.45, 7) is 1.38. The van der Waals surface area contributed by atoms with Crippen LogP contribution in [0.4, 0.5) is 0 Å². The van der Waals surface area contributed by atoms with Crippen molar-refractivity contribution in [2.45, 2.75) is 18.0 Å². The molecule has 0 saturated carbocycles. The molecule has 3 aromatic rings. The lowest BCUT2D eigenvalue weighted by Crippen LogP contribution is -2.27. The minimum Gasteiger partial charge on any atom is -0.383 e. The number of hydrogen-bond acceptors (Lipinski definition) is 6. The summed E-state index contributed by atoms with van der Waals surface area (Å²) in [6.07, 6.45) is 5.05. The maximum absolute atomic E-state index is 12.5. The highest BCUT2D eigenvalue weighted by Gasteiger charge is 2.19. The zero-order chi connectivity index (χ0) is 17.0. The molecule has 3 heterocycles. The van der Waals surface area contributed by atoms with Gasteiger partial charge in [-0.1, -0.05) is 6.07 Å². The minimum absolute atomic E-state index is 0.110. The molecule has 3 aromatic heterocycles. The number of methoxy groups -OCH3 is 1. The van der Waals surface area contributed by atoms with Gasteiger partial charge in [-0.15, -0.1) is 10.2 Å². The second-order valence-electron chi connectivity index (χ2n) is 5.11. The lowest BCUT2D eigenvalue weighted by atomic mass is 10.4. The first-order valence-electron chi connectivity index (χ1n) is 7.39. The van der Waals surface area contributed by atoms with Crippen LogP contribution in [0.3, 0.4) is 0 Å². The van der Waals surface area contributed by atoms with Gasteiger partial charge in [0.25, 0.3) is 10.0 Å². The molecule has 0 aliphatic heterocycles. The predicted molar refractivity (Wildman–Crippen MR) is 86.0 cm³/mol. The van der Waals surface area contributed by atoms with Crippen LogP contribution in [-0.4, -0.2) is 52.8 Å². The maximum Gasteiger partial charge on any atom is 0.258 e. The number of pyridine rings is 1. The standard InChI is InChI=1S/C14H18N6O3S/c1-23-9-8-19-11-16-18-13(19)5-6-17-24(21,22)14-10-15-12-4-2-3-7-20(12)14/h2-4,7,10-11,17H,5-6,8-9H2,1H3. The van der Waals surface area contributed by atoms with Crippen LogP contribution >= 0.6 is 0 Å². The molecule has 0 fully saturated rings. The lowest BCUT2D eigenvalue weighted by molar-refractivity contribution is 0.186. The zero-order valence-electron chi connectivity index (χ0n) is 13.2. The Bertz CT molecular complexity index is 917. The van der Waals surface area contributed by atoms with Crippen LogP contribution < -0.4 is 4.72 Å². The first kappa shape index (κ1) is 16.6. The van der Waals surface area contributed by atoms with Crippen LogP contribution in [0.2, 0.25) is 0 Å². The first-order chi connectivity index (χ1) is 11.6. The Morgan fingerprint density at radius 2 is 2.21 bits per heavy atom. The summed E-state index contributed by atoms with van der Waals surface area (Å²) in [5.74, 6) is 0.702. The lowest BCUT2D eigenvalue weighted by Gasteiger charge is -2.08. The van der Waals surface area contributed by atoms with Gasteiger partial charge in [0.15, 0.2) is 5.03 Å². The van der Waals surface area contributed by atoms with Gasteiger partial charge in [-0.25, -0.2) is 18.1 Å². The van der Waals surface area contributed by atoms with Crippen LogP contribution in [0.5, 0.6) is 0 Å². The monoisotopic (exact) mass is 350 g/mol. The summed E-state index contributed by atoms with van der Waals surface area (Å²) >= 11 is 0. The molecule has 0 aromatic carbocycles. The van der Waals surface area contributed by atoms with Gasteiger partial charge in [0, 0.05) is 32.8 Å². The molecule has 0 aliphatic rings. The Morgan fingerprint density at radius 1 is 1.33 bits per heavy atom. The number of sulfonamides is 1. The van der Waals surface area contributed by atoms with E-state index in [0.717, 1.165) is 0 Å². The summed E-state index contributed by atoms with van der Waals surface area (Å²) in [7, 11) is -2.04. The number of imidazole rings is 1. The average molecular weight is 350 g/mol.